The van der Waals surface area contributed by atoms with Crippen LogP contribution in [0.4, 0.5) is 0 Å². The Morgan fingerprint density at radius 2 is 2.16 bits per heavy atom. The lowest BCUT2D eigenvalue weighted by molar-refractivity contribution is 0.120. The highest BCUT2D eigenvalue weighted by atomic mass is 35.5. The summed E-state index contributed by atoms with van der Waals surface area (Å²) in [7, 11) is 5.66. The number of hydrogen-bond donors (Lipinski definition) is 1. The summed E-state index contributed by atoms with van der Waals surface area (Å²) in [4.78, 5) is 9.04. The second-order valence-electron chi connectivity index (χ2n) is 6.69. The first-order valence-corrected chi connectivity index (χ1v) is 9.37. The zero-order valence-electron chi connectivity index (χ0n) is 15.7. The van der Waals surface area contributed by atoms with Crippen LogP contribution in [-0.2, 0) is 11.3 Å². The Morgan fingerprint density at radius 3 is 2.80 bits per heavy atom. The molecule has 1 heterocycles. The maximum atomic E-state index is 6.07. The van der Waals surface area contributed by atoms with Gasteiger partial charge in [-0.2, -0.15) is 0 Å². The lowest BCUT2D eigenvalue weighted by Gasteiger charge is -2.32. The second kappa shape index (κ2) is 10.6. The zero-order valence-corrected chi connectivity index (χ0v) is 16.4. The van der Waals surface area contributed by atoms with Crippen LogP contribution in [0.1, 0.15) is 18.4 Å². The molecule has 1 N–H and O–H groups in total. The summed E-state index contributed by atoms with van der Waals surface area (Å²) in [6.45, 7) is 5.95. The minimum absolute atomic E-state index is 0.704. The highest BCUT2D eigenvalue weighted by Crippen LogP contribution is 2.16. The molecule has 1 aromatic carbocycles. The molecular weight excluding hydrogens is 336 g/mol. The third-order valence-electron chi connectivity index (χ3n) is 4.75. The van der Waals surface area contributed by atoms with Gasteiger partial charge in [0.25, 0.3) is 0 Å². The lowest BCUT2D eigenvalue weighted by atomic mass is 9.97. The van der Waals surface area contributed by atoms with Gasteiger partial charge in [0.05, 0.1) is 6.61 Å². The topological polar surface area (TPSA) is 40.1 Å². The third-order valence-corrected chi connectivity index (χ3v) is 4.98. The average molecular weight is 367 g/mol. The predicted molar refractivity (Wildman–Crippen MR) is 105 cm³/mol. The molecule has 0 aliphatic carbocycles. The van der Waals surface area contributed by atoms with Crippen molar-refractivity contribution < 1.29 is 4.74 Å². The highest BCUT2D eigenvalue weighted by molar-refractivity contribution is 6.30. The van der Waals surface area contributed by atoms with E-state index in [9.17, 15) is 0 Å². The number of likely N-dealkylation sites (tertiary alicyclic amines) is 1. The molecule has 1 aliphatic heterocycles. The van der Waals surface area contributed by atoms with Crippen LogP contribution in [0, 0.1) is 5.92 Å². The number of methoxy groups -OCH3 is 1. The molecule has 0 saturated carbocycles. The van der Waals surface area contributed by atoms with Crippen molar-refractivity contribution in [3.63, 3.8) is 0 Å². The van der Waals surface area contributed by atoms with Crippen molar-refractivity contribution in [3.05, 3.63) is 34.9 Å². The Bertz CT molecular complexity index is 544. The van der Waals surface area contributed by atoms with E-state index in [0.717, 1.165) is 50.3 Å². The molecule has 1 aliphatic rings. The van der Waals surface area contributed by atoms with E-state index in [0.29, 0.717) is 5.92 Å². The molecule has 6 heteroatoms. The first kappa shape index (κ1) is 20.0. The van der Waals surface area contributed by atoms with E-state index in [4.69, 9.17) is 16.3 Å². The summed E-state index contributed by atoms with van der Waals surface area (Å²) in [6.07, 6.45) is 2.46. The van der Waals surface area contributed by atoms with Crippen molar-refractivity contribution in [2.45, 2.75) is 19.4 Å². The first-order chi connectivity index (χ1) is 12.1. The smallest absolute Gasteiger partial charge is 0.193 e. The van der Waals surface area contributed by atoms with Gasteiger partial charge in [-0.05, 0) is 49.5 Å². The zero-order chi connectivity index (χ0) is 18.1. The van der Waals surface area contributed by atoms with Gasteiger partial charge in [0.1, 0.15) is 0 Å². The van der Waals surface area contributed by atoms with Crippen LogP contribution < -0.4 is 5.32 Å². The summed E-state index contributed by atoms with van der Waals surface area (Å²) in [5.41, 5.74) is 1.18. The molecule has 0 bridgehead atoms. The van der Waals surface area contributed by atoms with Gasteiger partial charge in [-0.25, -0.2) is 0 Å². The van der Waals surface area contributed by atoms with Crippen molar-refractivity contribution in [2.75, 3.05) is 54.0 Å². The average Bonchev–Trinajstić information content (AvgIpc) is 2.61. The monoisotopic (exact) mass is 366 g/mol. The fraction of sp³-hybridized carbons (Fsp3) is 0.632. The molecule has 25 heavy (non-hydrogen) atoms. The Labute approximate surface area is 157 Å². The number of aliphatic imine (C=N–C) groups is 1. The normalized spacial score (nSPS) is 16.9. The van der Waals surface area contributed by atoms with E-state index >= 15 is 0 Å². The molecule has 0 unspecified atom stereocenters. The number of benzene rings is 1. The summed E-state index contributed by atoms with van der Waals surface area (Å²) < 4.78 is 5.16. The van der Waals surface area contributed by atoms with Crippen LogP contribution in [0.15, 0.2) is 29.3 Å². The van der Waals surface area contributed by atoms with Crippen LogP contribution in [-0.4, -0.2) is 69.8 Å². The standard InChI is InChI=1S/C19H31ClN4O/c1-21-19(23(2)15-17-5-4-6-18(20)13-17)22-14-16-7-9-24(10-8-16)11-12-25-3/h4-6,13,16H,7-12,14-15H2,1-3H3,(H,21,22). The number of halogens is 1. The molecule has 2 rings (SSSR count). The van der Waals surface area contributed by atoms with Gasteiger partial charge >= 0.3 is 0 Å². The minimum Gasteiger partial charge on any atom is -0.383 e. The van der Waals surface area contributed by atoms with Gasteiger partial charge in [0.2, 0.25) is 0 Å². The van der Waals surface area contributed by atoms with Gasteiger partial charge < -0.3 is 19.9 Å². The molecule has 140 valence electrons. The fourth-order valence-electron chi connectivity index (χ4n) is 3.24. The van der Waals surface area contributed by atoms with Crippen LogP contribution >= 0.6 is 11.6 Å². The van der Waals surface area contributed by atoms with E-state index in [-0.39, 0.29) is 0 Å². The van der Waals surface area contributed by atoms with E-state index in [1.54, 1.807) is 7.11 Å². The molecular formula is C19H31ClN4O. The van der Waals surface area contributed by atoms with Crippen molar-refractivity contribution in [1.29, 1.82) is 0 Å². The summed E-state index contributed by atoms with van der Waals surface area (Å²) in [5.74, 6) is 1.64. The van der Waals surface area contributed by atoms with Crippen LogP contribution in [0.3, 0.4) is 0 Å². The van der Waals surface area contributed by atoms with Crippen molar-refractivity contribution in [3.8, 4) is 0 Å². The van der Waals surface area contributed by atoms with Crippen LogP contribution in [0.5, 0.6) is 0 Å². The van der Waals surface area contributed by atoms with Crippen molar-refractivity contribution in [2.24, 2.45) is 10.9 Å². The van der Waals surface area contributed by atoms with E-state index in [2.05, 4.69) is 33.2 Å². The van der Waals surface area contributed by atoms with Crippen LogP contribution in [0.2, 0.25) is 5.02 Å². The Morgan fingerprint density at radius 1 is 1.40 bits per heavy atom. The highest BCUT2D eigenvalue weighted by Gasteiger charge is 2.19. The van der Waals surface area contributed by atoms with Crippen molar-refractivity contribution >= 4 is 17.6 Å². The van der Waals surface area contributed by atoms with E-state index < -0.39 is 0 Å². The third kappa shape index (κ3) is 6.84. The number of nitrogens with zero attached hydrogens (tertiary/aromatic N) is 3. The number of ether oxygens (including phenoxy) is 1. The quantitative estimate of drug-likeness (QED) is 0.595. The molecule has 1 aromatic rings. The second-order valence-corrected chi connectivity index (χ2v) is 7.13. The van der Waals surface area contributed by atoms with Gasteiger partial charge in [0.15, 0.2) is 5.96 Å². The predicted octanol–water partition coefficient (Wildman–Crippen LogP) is 2.71. The maximum absolute atomic E-state index is 6.07. The number of rotatable bonds is 7. The Hall–Kier alpha value is -1.30. The summed E-state index contributed by atoms with van der Waals surface area (Å²) >= 11 is 6.07. The largest absolute Gasteiger partial charge is 0.383 e. The Balaban J connectivity index is 1.75. The molecule has 1 fully saturated rings. The van der Waals surface area contributed by atoms with Crippen molar-refractivity contribution in [1.82, 2.24) is 15.1 Å². The minimum atomic E-state index is 0.704. The van der Waals surface area contributed by atoms with Gasteiger partial charge in [0, 0.05) is 45.9 Å². The SMILES string of the molecule is CN=C(NCC1CCN(CCOC)CC1)N(C)Cc1cccc(Cl)c1. The molecule has 5 nitrogen and oxygen atoms in total. The number of piperidine rings is 1. The maximum Gasteiger partial charge on any atom is 0.193 e. The molecule has 0 atom stereocenters. The summed E-state index contributed by atoms with van der Waals surface area (Å²) in [5, 5.41) is 4.30. The molecule has 0 radical (unpaired) electrons. The summed E-state index contributed by atoms with van der Waals surface area (Å²) in [6, 6.07) is 7.97. The number of guanidine groups is 1. The van der Waals surface area contributed by atoms with E-state index in [1.807, 2.05) is 25.2 Å². The van der Waals surface area contributed by atoms with Gasteiger partial charge in [-0.1, -0.05) is 23.7 Å². The van der Waals surface area contributed by atoms with Crippen LogP contribution in [0.25, 0.3) is 0 Å². The molecule has 0 spiro atoms. The van der Waals surface area contributed by atoms with E-state index in [1.165, 1.54) is 18.4 Å². The fourth-order valence-corrected chi connectivity index (χ4v) is 3.45. The van der Waals surface area contributed by atoms with Gasteiger partial charge in [-0.15, -0.1) is 0 Å². The number of hydrogen-bond acceptors (Lipinski definition) is 3. The lowest BCUT2D eigenvalue weighted by Crippen LogP contribution is -2.43. The number of nitrogens with one attached hydrogen (secondary N) is 1. The molecule has 0 aromatic heterocycles. The molecule has 0 amide bonds. The molecule has 1 saturated heterocycles. The Kier molecular flexibility index (Phi) is 8.52. The van der Waals surface area contributed by atoms with Gasteiger partial charge in [-0.3, -0.25) is 4.99 Å². The first-order valence-electron chi connectivity index (χ1n) is 9.00.